The Kier molecular flexibility index (Phi) is 15.7. The summed E-state index contributed by atoms with van der Waals surface area (Å²) in [5.74, 6) is 2.55. The molecule has 41 heavy (non-hydrogen) atoms. The number of benzene rings is 1. The Morgan fingerprint density at radius 2 is 1.78 bits per heavy atom. The van der Waals surface area contributed by atoms with E-state index in [-0.39, 0.29) is 0 Å². The van der Waals surface area contributed by atoms with E-state index in [9.17, 15) is 0 Å². The zero-order valence-electron chi connectivity index (χ0n) is 27.5. The van der Waals surface area contributed by atoms with Gasteiger partial charge in [0.1, 0.15) is 11.6 Å². The Labute approximate surface area is 253 Å². The quantitative estimate of drug-likeness (QED) is 0.0772. The molecular formula is C37H59N3O. The second-order valence-corrected chi connectivity index (χ2v) is 11.9. The molecular weight excluding hydrogens is 502 g/mol. The lowest BCUT2D eigenvalue weighted by Gasteiger charge is -2.23. The van der Waals surface area contributed by atoms with Gasteiger partial charge in [0.05, 0.1) is 6.61 Å². The smallest absolute Gasteiger partial charge is 0.130 e. The number of hydrogen-bond acceptors (Lipinski definition) is 3. The van der Waals surface area contributed by atoms with Gasteiger partial charge in [-0.15, -0.1) is 0 Å². The lowest BCUT2D eigenvalue weighted by Crippen LogP contribution is -2.28. The number of hydrogen-bond donors (Lipinski definition) is 0. The maximum absolute atomic E-state index is 6.17. The molecule has 0 radical (unpaired) electrons. The third-order valence-electron chi connectivity index (χ3n) is 8.27. The van der Waals surface area contributed by atoms with E-state index in [1.165, 1.54) is 55.4 Å². The predicted octanol–water partition coefficient (Wildman–Crippen LogP) is 9.84. The average Bonchev–Trinajstić information content (AvgIpc) is 3.51. The Morgan fingerprint density at radius 1 is 1.05 bits per heavy atom. The maximum atomic E-state index is 6.17. The average molecular weight is 562 g/mol. The first-order chi connectivity index (χ1) is 19.7. The van der Waals surface area contributed by atoms with Crippen molar-refractivity contribution in [2.45, 2.75) is 106 Å². The minimum atomic E-state index is 0.504. The second kappa shape index (κ2) is 18.6. The van der Waals surface area contributed by atoms with Crippen LogP contribution in [0.4, 0.5) is 0 Å². The number of likely N-dealkylation sites (tertiary alicyclic amines) is 1. The van der Waals surface area contributed by atoms with Crippen LogP contribution < -0.4 is 4.74 Å². The fraction of sp³-hybridized carbons (Fsp3) is 0.595. The van der Waals surface area contributed by atoms with Crippen LogP contribution in [-0.2, 0) is 6.42 Å². The second-order valence-electron chi connectivity index (χ2n) is 11.9. The van der Waals surface area contributed by atoms with Crippen molar-refractivity contribution in [3.8, 4) is 5.75 Å². The largest absolute Gasteiger partial charge is 0.493 e. The molecule has 1 aliphatic heterocycles. The molecule has 0 saturated carbocycles. The van der Waals surface area contributed by atoms with E-state index >= 15 is 0 Å². The van der Waals surface area contributed by atoms with Crippen LogP contribution >= 0.6 is 0 Å². The number of unbranched alkanes of at least 4 members (excludes halogenated alkanes) is 3. The molecule has 0 spiro atoms. The summed E-state index contributed by atoms with van der Waals surface area (Å²) in [6, 6.07) is 6.47. The number of rotatable bonds is 18. The molecule has 228 valence electrons. The van der Waals surface area contributed by atoms with Gasteiger partial charge in [-0.25, -0.2) is 4.99 Å². The number of aliphatic imine (C=N–C) groups is 1. The van der Waals surface area contributed by atoms with Crippen LogP contribution in [0.15, 0.2) is 65.5 Å². The molecule has 2 rings (SSSR count). The molecule has 1 atom stereocenters. The standard InChI is InChI=1S/C37H59N3O/c1-10-13-14-19-30(6)31(7)26-34(12-3)38-37(40-23-15-16-24-40)27-32(8)39(9)22-17-18-25-41-36-21-20-33(11-2)28-35(36)29(4)5/h20-21,26-28,30H,4,7,10-19,22-25H2,1-3,5-6,8-9H3/b32-27+,34-26+,38-37-. The first-order valence-electron chi connectivity index (χ1n) is 16.2. The van der Waals surface area contributed by atoms with Crippen molar-refractivity contribution in [3.05, 3.63) is 71.6 Å². The first-order valence-corrected chi connectivity index (χ1v) is 16.2. The molecule has 1 aliphatic rings. The summed E-state index contributed by atoms with van der Waals surface area (Å²) in [6.07, 6.45) is 16.1. The highest BCUT2D eigenvalue weighted by Crippen LogP contribution is 2.27. The van der Waals surface area contributed by atoms with E-state index in [0.29, 0.717) is 12.5 Å². The summed E-state index contributed by atoms with van der Waals surface area (Å²) < 4.78 is 6.17. The van der Waals surface area contributed by atoms with Gasteiger partial charge < -0.3 is 14.5 Å². The molecule has 1 heterocycles. The third-order valence-corrected chi connectivity index (χ3v) is 8.27. The summed E-state index contributed by atoms with van der Waals surface area (Å²) in [6.45, 7) is 25.6. The normalized spacial score (nSPS) is 15.3. The van der Waals surface area contributed by atoms with Gasteiger partial charge >= 0.3 is 0 Å². The van der Waals surface area contributed by atoms with Crippen LogP contribution in [0.1, 0.15) is 110 Å². The van der Waals surface area contributed by atoms with E-state index in [0.717, 1.165) is 73.7 Å². The highest BCUT2D eigenvalue weighted by Gasteiger charge is 2.16. The van der Waals surface area contributed by atoms with Crippen molar-refractivity contribution in [1.82, 2.24) is 9.80 Å². The van der Waals surface area contributed by atoms with E-state index in [1.807, 2.05) is 0 Å². The molecule has 1 unspecified atom stereocenters. The van der Waals surface area contributed by atoms with Crippen molar-refractivity contribution in [3.63, 3.8) is 0 Å². The lowest BCUT2D eigenvalue weighted by molar-refractivity contribution is 0.293. The molecule has 1 aromatic rings. The summed E-state index contributed by atoms with van der Waals surface area (Å²) in [5, 5.41) is 0. The van der Waals surface area contributed by atoms with Crippen molar-refractivity contribution < 1.29 is 4.74 Å². The number of allylic oxidation sites excluding steroid dienone is 5. The van der Waals surface area contributed by atoms with Crippen LogP contribution in [0.2, 0.25) is 0 Å². The first kappa shape index (κ1) is 34.5. The highest BCUT2D eigenvalue weighted by atomic mass is 16.5. The number of ether oxygens (including phenoxy) is 1. The Hall–Kier alpha value is -2.75. The topological polar surface area (TPSA) is 28.1 Å². The molecule has 1 aromatic carbocycles. The van der Waals surface area contributed by atoms with Gasteiger partial charge in [0.15, 0.2) is 0 Å². The summed E-state index contributed by atoms with van der Waals surface area (Å²) in [7, 11) is 2.19. The molecule has 4 heteroatoms. The van der Waals surface area contributed by atoms with Crippen LogP contribution in [-0.4, -0.2) is 48.9 Å². The minimum absolute atomic E-state index is 0.504. The van der Waals surface area contributed by atoms with Gasteiger partial charge in [-0.1, -0.05) is 71.8 Å². The van der Waals surface area contributed by atoms with Crippen molar-refractivity contribution >= 4 is 11.4 Å². The molecule has 1 fully saturated rings. The number of amidine groups is 1. The Morgan fingerprint density at radius 3 is 2.41 bits per heavy atom. The van der Waals surface area contributed by atoms with Crippen LogP contribution in [0, 0.1) is 5.92 Å². The van der Waals surface area contributed by atoms with Gasteiger partial charge in [0, 0.05) is 43.6 Å². The molecule has 4 nitrogen and oxygen atoms in total. The molecule has 0 aromatic heterocycles. The summed E-state index contributed by atoms with van der Waals surface area (Å²) in [4.78, 5) is 10.0. The van der Waals surface area contributed by atoms with Crippen LogP contribution in [0.5, 0.6) is 5.75 Å². The summed E-state index contributed by atoms with van der Waals surface area (Å²) >= 11 is 0. The fourth-order valence-corrected chi connectivity index (χ4v) is 5.11. The molecule has 0 N–H and O–H groups in total. The molecule has 0 amide bonds. The number of nitrogens with zero attached hydrogens (tertiary/aromatic N) is 3. The molecule has 0 aliphatic carbocycles. The zero-order chi connectivity index (χ0) is 30.2. The fourth-order valence-electron chi connectivity index (χ4n) is 5.11. The van der Waals surface area contributed by atoms with E-state index in [2.05, 4.69) is 102 Å². The van der Waals surface area contributed by atoms with Crippen molar-refractivity contribution in [2.24, 2.45) is 10.9 Å². The Bertz CT molecular complexity index is 1060. The number of aryl methyl sites for hydroxylation is 1. The lowest BCUT2D eigenvalue weighted by atomic mass is 9.95. The third kappa shape index (κ3) is 11.9. The van der Waals surface area contributed by atoms with E-state index in [1.54, 1.807) is 0 Å². The zero-order valence-corrected chi connectivity index (χ0v) is 27.5. The van der Waals surface area contributed by atoms with E-state index in [4.69, 9.17) is 9.73 Å². The SMILES string of the molecule is C=C(C)c1cc(CC)ccc1OCCCCN(C)/C(C)=C/C(=N/C(=C/C(=C)C(C)CCCCC)CC)N1CCCC1. The van der Waals surface area contributed by atoms with Gasteiger partial charge in [0.25, 0.3) is 0 Å². The van der Waals surface area contributed by atoms with Crippen LogP contribution in [0.3, 0.4) is 0 Å². The molecule has 1 saturated heterocycles. The monoisotopic (exact) mass is 561 g/mol. The Balaban J connectivity index is 2.00. The van der Waals surface area contributed by atoms with Crippen molar-refractivity contribution in [2.75, 3.05) is 33.3 Å². The van der Waals surface area contributed by atoms with Crippen molar-refractivity contribution in [1.29, 1.82) is 0 Å². The van der Waals surface area contributed by atoms with Gasteiger partial charge in [-0.3, -0.25) is 0 Å². The van der Waals surface area contributed by atoms with E-state index < -0.39 is 0 Å². The summed E-state index contributed by atoms with van der Waals surface area (Å²) in [5.41, 5.74) is 7.09. The minimum Gasteiger partial charge on any atom is -0.493 e. The van der Waals surface area contributed by atoms with Gasteiger partial charge in [-0.2, -0.15) is 0 Å². The van der Waals surface area contributed by atoms with Gasteiger partial charge in [0.2, 0.25) is 0 Å². The molecule has 0 bridgehead atoms. The highest BCUT2D eigenvalue weighted by molar-refractivity contribution is 5.94. The maximum Gasteiger partial charge on any atom is 0.130 e. The predicted molar refractivity (Wildman–Crippen MR) is 181 cm³/mol. The van der Waals surface area contributed by atoms with Gasteiger partial charge in [-0.05, 0) is 100 Å². The van der Waals surface area contributed by atoms with Crippen LogP contribution in [0.25, 0.3) is 5.57 Å².